The van der Waals surface area contributed by atoms with E-state index >= 15 is 0 Å². The molecule has 1 amide bonds. The van der Waals surface area contributed by atoms with Gasteiger partial charge in [-0.05, 0) is 37.5 Å². The smallest absolute Gasteiger partial charge is 0.223 e. The molecule has 1 aromatic carbocycles. The normalized spacial score (nSPS) is 15.4. The molecule has 0 saturated carbocycles. The van der Waals surface area contributed by atoms with E-state index in [4.69, 9.17) is 16.7 Å². The first kappa shape index (κ1) is 17.0. The Labute approximate surface area is 124 Å². The second kappa shape index (κ2) is 7.62. The van der Waals surface area contributed by atoms with Crippen LogP contribution in [-0.4, -0.2) is 28.3 Å². The molecule has 20 heavy (non-hydrogen) atoms. The summed E-state index contributed by atoms with van der Waals surface area (Å²) in [5, 5.41) is 22.5. The fraction of sp³-hybridized carbons (Fsp3) is 0.533. The number of rotatable bonds is 7. The van der Waals surface area contributed by atoms with Crippen molar-refractivity contribution < 1.29 is 15.0 Å². The maximum Gasteiger partial charge on any atom is 0.223 e. The molecule has 0 aliphatic carbocycles. The third-order valence-corrected chi connectivity index (χ3v) is 3.77. The average Bonchev–Trinajstić information content (AvgIpc) is 2.39. The molecule has 4 nitrogen and oxygen atoms in total. The van der Waals surface area contributed by atoms with Gasteiger partial charge >= 0.3 is 0 Å². The van der Waals surface area contributed by atoms with Crippen LogP contribution in [0.5, 0.6) is 0 Å². The van der Waals surface area contributed by atoms with Crippen molar-refractivity contribution in [3.05, 3.63) is 34.9 Å². The van der Waals surface area contributed by atoms with E-state index in [-0.39, 0.29) is 18.9 Å². The highest BCUT2D eigenvalue weighted by atomic mass is 35.5. The van der Waals surface area contributed by atoms with Crippen LogP contribution >= 0.6 is 11.6 Å². The van der Waals surface area contributed by atoms with Crippen LogP contribution in [0.15, 0.2) is 24.3 Å². The number of halogens is 1. The minimum absolute atomic E-state index is 0.0113. The van der Waals surface area contributed by atoms with Crippen LogP contribution in [0.2, 0.25) is 5.02 Å². The standard InChI is InChI=1S/C15H22ClNO3/c1-3-15(2,8-9-18)17-14(20)10-13(19)11-4-6-12(16)7-5-11/h4-7,13,18-19H,3,8-10H2,1-2H3,(H,17,20). The topological polar surface area (TPSA) is 69.6 Å². The Morgan fingerprint density at radius 2 is 2.00 bits per heavy atom. The van der Waals surface area contributed by atoms with Crippen LogP contribution in [-0.2, 0) is 4.79 Å². The molecule has 0 fully saturated rings. The zero-order valence-electron chi connectivity index (χ0n) is 11.9. The molecule has 5 heteroatoms. The first-order chi connectivity index (χ1) is 9.40. The molecule has 2 unspecified atom stereocenters. The van der Waals surface area contributed by atoms with Crippen LogP contribution in [0.4, 0.5) is 0 Å². The number of hydrogen-bond acceptors (Lipinski definition) is 3. The predicted octanol–water partition coefficient (Wildman–Crippen LogP) is 2.43. The van der Waals surface area contributed by atoms with Crippen molar-refractivity contribution in [2.45, 2.75) is 44.8 Å². The lowest BCUT2D eigenvalue weighted by atomic mass is 9.94. The fourth-order valence-corrected chi connectivity index (χ4v) is 2.07. The Morgan fingerprint density at radius 3 is 2.50 bits per heavy atom. The van der Waals surface area contributed by atoms with E-state index in [0.29, 0.717) is 17.0 Å². The average molecular weight is 300 g/mol. The van der Waals surface area contributed by atoms with E-state index in [0.717, 1.165) is 6.42 Å². The summed E-state index contributed by atoms with van der Waals surface area (Å²) in [7, 11) is 0. The summed E-state index contributed by atoms with van der Waals surface area (Å²) in [6.45, 7) is 3.85. The van der Waals surface area contributed by atoms with Crippen LogP contribution in [0.25, 0.3) is 0 Å². The molecule has 3 N–H and O–H groups in total. The number of carbonyl (C=O) groups excluding carboxylic acids is 1. The molecule has 0 aromatic heterocycles. The number of aliphatic hydroxyl groups excluding tert-OH is 2. The molecule has 1 aromatic rings. The van der Waals surface area contributed by atoms with Gasteiger partial charge in [0.2, 0.25) is 5.91 Å². The number of amides is 1. The molecule has 0 heterocycles. The van der Waals surface area contributed by atoms with E-state index in [1.807, 2.05) is 13.8 Å². The highest BCUT2D eigenvalue weighted by Crippen LogP contribution is 2.20. The summed E-state index contributed by atoms with van der Waals surface area (Å²) in [5.74, 6) is -0.231. The van der Waals surface area contributed by atoms with Gasteiger partial charge in [-0.3, -0.25) is 4.79 Å². The Balaban J connectivity index is 2.59. The van der Waals surface area contributed by atoms with E-state index in [1.54, 1.807) is 24.3 Å². The lowest BCUT2D eigenvalue weighted by Gasteiger charge is -2.29. The van der Waals surface area contributed by atoms with Gasteiger partial charge in [-0.1, -0.05) is 30.7 Å². The van der Waals surface area contributed by atoms with Gasteiger partial charge in [0.1, 0.15) is 0 Å². The molecule has 0 radical (unpaired) electrons. The second-order valence-corrected chi connectivity index (χ2v) is 5.64. The van der Waals surface area contributed by atoms with Gasteiger partial charge in [0.15, 0.2) is 0 Å². The summed E-state index contributed by atoms with van der Waals surface area (Å²) >= 11 is 5.78. The SMILES string of the molecule is CCC(C)(CCO)NC(=O)CC(O)c1ccc(Cl)cc1. The number of nitrogens with one attached hydrogen (secondary N) is 1. The molecule has 0 spiro atoms. The molecule has 0 aliphatic heterocycles. The van der Waals surface area contributed by atoms with Crippen molar-refractivity contribution in [3.8, 4) is 0 Å². The minimum Gasteiger partial charge on any atom is -0.396 e. The van der Waals surface area contributed by atoms with Crippen molar-refractivity contribution >= 4 is 17.5 Å². The van der Waals surface area contributed by atoms with Crippen LogP contribution < -0.4 is 5.32 Å². The number of carbonyl (C=O) groups is 1. The maximum atomic E-state index is 12.0. The summed E-state index contributed by atoms with van der Waals surface area (Å²) in [6, 6.07) is 6.76. The molecule has 0 bridgehead atoms. The van der Waals surface area contributed by atoms with Crippen molar-refractivity contribution in [2.75, 3.05) is 6.61 Å². The third-order valence-electron chi connectivity index (χ3n) is 3.52. The molecular formula is C15H22ClNO3. The van der Waals surface area contributed by atoms with Gasteiger partial charge < -0.3 is 15.5 Å². The molecule has 0 aliphatic rings. The highest BCUT2D eigenvalue weighted by molar-refractivity contribution is 6.30. The van der Waals surface area contributed by atoms with Crippen LogP contribution in [0.1, 0.15) is 44.8 Å². The fourth-order valence-electron chi connectivity index (χ4n) is 1.94. The Hall–Kier alpha value is -1.10. The lowest BCUT2D eigenvalue weighted by molar-refractivity contribution is -0.125. The van der Waals surface area contributed by atoms with E-state index in [9.17, 15) is 9.90 Å². The largest absolute Gasteiger partial charge is 0.396 e. The molecule has 1 rings (SSSR count). The third kappa shape index (κ3) is 5.12. The van der Waals surface area contributed by atoms with Crippen molar-refractivity contribution in [1.29, 1.82) is 0 Å². The van der Waals surface area contributed by atoms with Crippen molar-refractivity contribution in [3.63, 3.8) is 0 Å². The monoisotopic (exact) mass is 299 g/mol. The van der Waals surface area contributed by atoms with Gasteiger partial charge in [-0.15, -0.1) is 0 Å². The maximum absolute atomic E-state index is 12.0. The summed E-state index contributed by atoms with van der Waals surface area (Å²) < 4.78 is 0. The van der Waals surface area contributed by atoms with E-state index in [1.165, 1.54) is 0 Å². The molecular weight excluding hydrogens is 278 g/mol. The Bertz CT molecular complexity index is 435. The number of aliphatic hydroxyl groups is 2. The van der Waals surface area contributed by atoms with Gasteiger partial charge in [0, 0.05) is 17.2 Å². The summed E-state index contributed by atoms with van der Waals surface area (Å²) in [6.07, 6.45) is 0.341. The highest BCUT2D eigenvalue weighted by Gasteiger charge is 2.24. The molecule has 112 valence electrons. The Morgan fingerprint density at radius 1 is 1.40 bits per heavy atom. The predicted molar refractivity (Wildman–Crippen MR) is 79.6 cm³/mol. The molecule has 2 atom stereocenters. The van der Waals surface area contributed by atoms with Gasteiger partial charge in [0.25, 0.3) is 0 Å². The number of hydrogen-bond donors (Lipinski definition) is 3. The van der Waals surface area contributed by atoms with Gasteiger partial charge in [0.05, 0.1) is 12.5 Å². The summed E-state index contributed by atoms with van der Waals surface area (Å²) in [5.41, 5.74) is 0.218. The van der Waals surface area contributed by atoms with Crippen molar-refractivity contribution in [2.24, 2.45) is 0 Å². The first-order valence-corrected chi connectivity index (χ1v) is 7.13. The number of benzene rings is 1. The van der Waals surface area contributed by atoms with Crippen molar-refractivity contribution in [1.82, 2.24) is 5.32 Å². The second-order valence-electron chi connectivity index (χ2n) is 5.21. The lowest BCUT2D eigenvalue weighted by Crippen LogP contribution is -2.46. The van der Waals surface area contributed by atoms with Gasteiger partial charge in [-0.25, -0.2) is 0 Å². The zero-order valence-corrected chi connectivity index (χ0v) is 12.7. The van der Waals surface area contributed by atoms with E-state index in [2.05, 4.69) is 5.32 Å². The minimum atomic E-state index is -0.859. The van der Waals surface area contributed by atoms with Gasteiger partial charge in [-0.2, -0.15) is 0 Å². The van der Waals surface area contributed by atoms with Crippen LogP contribution in [0.3, 0.4) is 0 Å². The zero-order chi connectivity index (χ0) is 15.2. The van der Waals surface area contributed by atoms with Crippen LogP contribution in [0, 0.1) is 0 Å². The first-order valence-electron chi connectivity index (χ1n) is 6.75. The summed E-state index contributed by atoms with van der Waals surface area (Å²) in [4.78, 5) is 12.0. The molecule has 0 saturated heterocycles. The Kier molecular flexibility index (Phi) is 6.46. The van der Waals surface area contributed by atoms with E-state index < -0.39 is 11.6 Å². The quantitative estimate of drug-likeness (QED) is 0.724.